The first kappa shape index (κ1) is 24.6. The van der Waals surface area contributed by atoms with Crippen molar-refractivity contribution in [3.8, 4) is 39.6 Å². The fraction of sp³-hybridized carbons (Fsp3) is 0. The SMILES string of the molecule is c1ccc(-c2cc(-c3ccc4c(c3)c3ccccc3n4-c3cccc4oc5ccccc5c34)nc(-c3ccccc3)n2)cc1. The molecule has 0 spiro atoms. The minimum absolute atomic E-state index is 0.711. The van der Waals surface area contributed by atoms with E-state index in [-0.39, 0.29) is 0 Å². The van der Waals surface area contributed by atoms with Gasteiger partial charge in [-0.05, 0) is 42.5 Å². The van der Waals surface area contributed by atoms with Crippen LogP contribution >= 0.6 is 0 Å². The average Bonchev–Trinajstić information content (AvgIpc) is 3.64. The van der Waals surface area contributed by atoms with Crippen LogP contribution in [0.15, 0.2) is 156 Å². The third-order valence-corrected chi connectivity index (χ3v) is 8.42. The lowest BCUT2D eigenvalue weighted by molar-refractivity contribution is 0.669. The fourth-order valence-corrected chi connectivity index (χ4v) is 6.40. The lowest BCUT2D eigenvalue weighted by Gasteiger charge is -2.11. The van der Waals surface area contributed by atoms with Crippen molar-refractivity contribution in [2.75, 3.05) is 0 Å². The number of fused-ring (bicyclic) bond motifs is 6. The van der Waals surface area contributed by atoms with Crippen LogP contribution in [0.1, 0.15) is 0 Å². The molecule has 3 aromatic heterocycles. The molecule has 0 fully saturated rings. The van der Waals surface area contributed by atoms with E-state index in [1.165, 1.54) is 10.8 Å². The Morgan fingerprint density at radius 2 is 1.07 bits per heavy atom. The highest BCUT2D eigenvalue weighted by Gasteiger charge is 2.18. The van der Waals surface area contributed by atoms with E-state index >= 15 is 0 Å². The maximum absolute atomic E-state index is 6.26. The van der Waals surface area contributed by atoms with Crippen molar-refractivity contribution in [2.45, 2.75) is 0 Å². The first-order chi connectivity index (χ1) is 21.8. The van der Waals surface area contributed by atoms with Crippen LogP contribution in [0.25, 0.3) is 83.3 Å². The molecule has 0 amide bonds. The standard InChI is InChI=1S/C40H25N3O/c1-3-12-26(13-4-1)32-25-33(42-40(41-32)27-14-5-2-6-15-27)28-22-23-35-31(24-28)29-16-7-9-18-34(29)43(35)36-19-11-21-38-39(36)30-17-8-10-20-37(30)44-38/h1-25H. The Bertz CT molecular complexity index is 2430. The molecule has 9 rings (SSSR count). The van der Waals surface area contributed by atoms with Crippen LogP contribution < -0.4 is 0 Å². The van der Waals surface area contributed by atoms with Crippen molar-refractivity contribution in [3.05, 3.63) is 152 Å². The van der Waals surface area contributed by atoms with E-state index in [4.69, 9.17) is 14.4 Å². The van der Waals surface area contributed by atoms with E-state index in [2.05, 4.69) is 108 Å². The number of benzene rings is 6. The van der Waals surface area contributed by atoms with Crippen molar-refractivity contribution >= 4 is 43.7 Å². The van der Waals surface area contributed by atoms with Gasteiger partial charge in [-0.25, -0.2) is 9.97 Å². The van der Waals surface area contributed by atoms with Crippen LogP contribution in [0, 0.1) is 0 Å². The molecular formula is C40H25N3O. The molecule has 0 N–H and O–H groups in total. The van der Waals surface area contributed by atoms with Gasteiger partial charge in [0.05, 0.1) is 33.5 Å². The molecule has 4 nitrogen and oxygen atoms in total. The molecule has 0 saturated carbocycles. The van der Waals surface area contributed by atoms with Crippen molar-refractivity contribution in [2.24, 2.45) is 0 Å². The van der Waals surface area contributed by atoms with Gasteiger partial charge >= 0.3 is 0 Å². The van der Waals surface area contributed by atoms with Gasteiger partial charge in [0, 0.05) is 32.8 Å². The molecule has 44 heavy (non-hydrogen) atoms. The minimum Gasteiger partial charge on any atom is -0.456 e. The molecule has 9 aromatic rings. The zero-order valence-electron chi connectivity index (χ0n) is 23.7. The van der Waals surface area contributed by atoms with Crippen molar-refractivity contribution in [1.82, 2.24) is 14.5 Å². The highest BCUT2D eigenvalue weighted by atomic mass is 16.3. The van der Waals surface area contributed by atoms with Crippen LogP contribution in [-0.2, 0) is 0 Å². The summed E-state index contributed by atoms with van der Waals surface area (Å²) in [6, 6.07) is 52.5. The Kier molecular flexibility index (Phi) is 5.47. The Morgan fingerprint density at radius 1 is 0.432 bits per heavy atom. The van der Waals surface area contributed by atoms with Gasteiger partial charge in [-0.1, -0.05) is 109 Å². The number of hydrogen-bond donors (Lipinski definition) is 0. The van der Waals surface area contributed by atoms with Crippen LogP contribution in [0.4, 0.5) is 0 Å². The summed E-state index contributed by atoms with van der Waals surface area (Å²) in [4.78, 5) is 10.1. The van der Waals surface area contributed by atoms with Crippen molar-refractivity contribution < 1.29 is 4.42 Å². The first-order valence-electron chi connectivity index (χ1n) is 14.8. The molecule has 4 heteroatoms. The van der Waals surface area contributed by atoms with Gasteiger partial charge in [-0.15, -0.1) is 0 Å². The molecule has 0 aliphatic rings. The van der Waals surface area contributed by atoms with Gasteiger partial charge in [-0.3, -0.25) is 0 Å². The van der Waals surface area contributed by atoms with Crippen LogP contribution in [0.3, 0.4) is 0 Å². The van der Waals surface area contributed by atoms with E-state index in [0.717, 1.165) is 66.7 Å². The number of nitrogens with zero attached hydrogens (tertiary/aromatic N) is 3. The second kappa shape index (κ2) is 9.79. The summed E-state index contributed by atoms with van der Waals surface area (Å²) in [6.45, 7) is 0. The molecule has 0 aliphatic heterocycles. The minimum atomic E-state index is 0.711. The van der Waals surface area contributed by atoms with Crippen molar-refractivity contribution in [1.29, 1.82) is 0 Å². The second-order valence-corrected chi connectivity index (χ2v) is 11.0. The predicted octanol–water partition coefficient (Wildman–Crippen LogP) is 10.5. The molecule has 206 valence electrons. The summed E-state index contributed by atoms with van der Waals surface area (Å²) in [6.07, 6.45) is 0. The van der Waals surface area contributed by atoms with Crippen LogP contribution in [0.2, 0.25) is 0 Å². The molecule has 0 bridgehead atoms. The lowest BCUT2D eigenvalue weighted by Crippen LogP contribution is -1.96. The number of aromatic nitrogens is 3. The summed E-state index contributed by atoms with van der Waals surface area (Å²) >= 11 is 0. The zero-order chi connectivity index (χ0) is 29.0. The van der Waals surface area contributed by atoms with Gasteiger partial charge in [0.2, 0.25) is 0 Å². The Balaban J connectivity index is 1.29. The van der Waals surface area contributed by atoms with Gasteiger partial charge < -0.3 is 8.98 Å². The average molecular weight is 564 g/mol. The lowest BCUT2D eigenvalue weighted by atomic mass is 10.0. The summed E-state index contributed by atoms with van der Waals surface area (Å²) in [7, 11) is 0. The van der Waals surface area contributed by atoms with Crippen LogP contribution in [-0.4, -0.2) is 14.5 Å². The fourth-order valence-electron chi connectivity index (χ4n) is 6.40. The van der Waals surface area contributed by atoms with E-state index in [9.17, 15) is 0 Å². The Labute approximate surface area is 253 Å². The van der Waals surface area contributed by atoms with Gasteiger partial charge in [-0.2, -0.15) is 0 Å². The monoisotopic (exact) mass is 563 g/mol. The summed E-state index contributed by atoms with van der Waals surface area (Å²) in [5.74, 6) is 0.711. The molecule has 0 unspecified atom stereocenters. The molecule has 0 radical (unpaired) electrons. The number of rotatable bonds is 4. The van der Waals surface area contributed by atoms with E-state index in [1.54, 1.807) is 0 Å². The zero-order valence-corrected chi connectivity index (χ0v) is 23.7. The predicted molar refractivity (Wildman–Crippen MR) is 180 cm³/mol. The topological polar surface area (TPSA) is 43.9 Å². The van der Waals surface area contributed by atoms with E-state index < -0.39 is 0 Å². The highest BCUT2D eigenvalue weighted by Crippen LogP contribution is 2.40. The first-order valence-corrected chi connectivity index (χ1v) is 14.8. The molecule has 3 heterocycles. The maximum Gasteiger partial charge on any atom is 0.160 e. The number of hydrogen-bond acceptors (Lipinski definition) is 3. The smallest absolute Gasteiger partial charge is 0.160 e. The molecule has 0 aliphatic carbocycles. The van der Waals surface area contributed by atoms with Gasteiger partial charge in [0.15, 0.2) is 5.82 Å². The summed E-state index contributed by atoms with van der Waals surface area (Å²) in [5.41, 5.74) is 10.0. The quantitative estimate of drug-likeness (QED) is 0.214. The molecule has 6 aromatic carbocycles. The summed E-state index contributed by atoms with van der Waals surface area (Å²) < 4.78 is 8.62. The third kappa shape index (κ3) is 3.85. The molecule has 0 saturated heterocycles. The van der Waals surface area contributed by atoms with Gasteiger partial charge in [0.1, 0.15) is 11.2 Å². The number of furan rings is 1. The maximum atomic E-state index is 6.26. The Hall–Kier alpha value is -6.00. The van der Waals surface area contributed by atoms with E-state index in [1.807, 2.05) is 48.5 Å². The summed E-state index contributed by atoms with van der Waals surface area (Å²) in [5, 5.41) is 4.59. The van der Waals surface area contributed by atoms with E-state index in [0.29, 0.717) is 5.82 Å². The third-order valence-electron chi connectivity index (χ3n) is 8.42. The Morgan fingerprint density at radius 3 is 1.89 bits per heavy atom. The normalized spacial score (nSPS) is 11.6. The van der Waals surface area contributed by atoms with Crippen molar-refractivity contribution in [3.63, 3.8) is 0 Å². The second-order valence-electron chi connectivity index (χ2n) is 11.0. The highest BCUT2D eigenvalue weighted by molar-refractivity contribution is 6.14. The van der Waals surface area contributed by atoms with Crippen LogP contribution in [0.5, 0.6) is 0 Å². The molecule has 0 atom stereocenters. The largest absolute Gasteiger partial charge is 0.456 e. The number of para-hydroxylation sites is 2. The van der Waals surface area contributed by atoms with Gasteiger partial charge in [0.25, 0.3) is 0 Å². The molecular weight excluding hydrogens is 538 g/mol.